The van der Waals surface area contributed by atoms with Gasteiger partial charge >= 0.3 is 0 Å². The van der Waals surface area contributed by atoms with E-state index in [0.29, 0.717) is 10.1 Å². The second-order valence-corrected chi connectivity index (χ2v) is 5.15. The molecule has 1 aromatic heterocycles. The van der Waals surface area contributed by atoms with Crippen molar-refractivity contribution < 1.29 is 4.79 Å². The Morgan fingerprint density at radius 1 is 1.28 bits per heavy atom. The molecule has 7 heteroatoms. The monoisotopic (exact) mass is 269 g/mol. The van der Waals surface area contributed by atoms with Gasteiger partial charge in [0.1, 0.15) is 0 Å². The highest BCUT2D eigenvalue weighted by atomic mass is 32.1. The van der Waals surface area contributed by atoms with Gasteiger partial charge in [-0.15, -0.1) is 10.2 Å². The van der Waals surface area contributed by atoms with Gasteiger partial charge in [-0.05, 0) is 13.5 Å². The molecule has 0 saturated carbocycles. The van der Waals surface area contributed by atoms with Gasteiger partial charge < -0.3 is 15.1 Å². The van der Waals surface area contributed by atoms with Crippen LogP contribution in [0.3, 0.4) is 0 Å². The Kier molecular flexibility index (Phi) is 4.48. The molecule has 100 valence electrons. The number of anilines is 1. The minimum Gasteiger partial charge on any atom is -0.360 e. The van der Waals surface area contributed by atoms with Crippen molar-refractivity contribution in [3.8, 4) is 0 Å². The van der Waals surface area contributed by atoms with Crippen molar-refractivity contribution in [2.75, 3.05) is 44.6 Å². The fraction of sp³-hybridized carbons (Fsp3) is 0.727. The summed E-state index contributed by atoms with van der Waals surface area (Å²) in [6.45, 7) is 9.43. The first-order chi connectivity index (χ1) is 8.74. The number of rotatable bonds is 4. The lowest BCUT2D eigenvalue weighted by Crippen LogP contribution is -2.48. The van der Waals surface area contributed by atoms with Crippen LogP contribution in [0.5, 0.6) is 0 Å². The van der Waals surface area contributed by atoms with Gasteiger partial charge in [0.05, 0.1) is 0 Å². The average Bonchev–Trinajstić information content (AvgIpc) is 2.87. The van der Waals surface area contributed by atoms with E-state index in [1.807, 2.05) is 11.8 Å². The molecule has 1 N–H and O–H groups in total. The molecule has 0 unspecified atom stereocenters. The minimum absolute atomic E-state index is 0.00686. The molecule has 1 saturated heterocycles. The molecule has 6 nitrogen and oxygen atoms in total. The molecule has 0 radical (unpaired) electrons. The zero-order valence-electron chi connectivity index (χ0n) is 10.8. The molecule has 0 aliphatic carbocycles. The molecular formula is C11H19N5OS. The van der Waals surface area contributed by atoms with Gasteiger partial charge in [-0.25, -0.2) is 0 Å². The summed E-state index contributed by atoms with van der Waals surface area (Å²) in [6.07, 6.45) is 0. The van der Waals surface area contributed by atoms with Crippen molar-refractivity contribution in [2.24, 2.45) is 0 Å². The first kappa shape index (κ1) is 13.2. The van der Waals surface area contributed by atoms with Crippen molar-refractivity contribution in [3.63, 3.8) is 0 Å². The molecule has 1 aliphatic rings. The topological polar surface area (TPSA) is 61.4 Å². The summed E-state index contributed by atoms with van der Waals surface area (Å²) >= 11 is 1.33. The van der Waals surface area contributed by atoms with Crippen molar-refractivity contribution in [1.29, 1.82) is 0 Å². The lowest BCUT2D eigenvalue weighted by Gasteiger charge is -2.33. The van der Waals surface area contributed by atoms with Gasteiger partial charge in [0.15, 0.2) is 0 Å². The quantitative estimate of drug-likeness (QED) is 0.874. The van der Waals surface area contributed by atoms with Crippen LogP contribution in [0.1, 0.15) is 23.6 Å². The number of likely N-dealkylation sites (N-methyl/N-ethyl adjacent to an activating group) is 1. The van der Waals surface area contributed by atoms with E-state index in [0.717, 1.165) is 39.3 Å². The van der Waals surface area contributed by atoms with Crippen LogP contribution >= 0.6 is 11.3 Å². The molecule has 1 aliphatic heterocycles. The summed E-state index contributed by atoms with van der Waals surface area (Å²) in [5.41, 5.74) is 0. The number of hydrogen-bond donors (Lipinski definition) is 1. The van der Waals surface area contributed by atoms with Crippen molar-refractivity contribution >= 4 is 22.4 Å². The van der Waals surface area contributed by atoms with E-state index in [9.17, 15) is 4.79 Å². The maximum absolute atomic E-state index is 12.2. The molecule has 1 aromatic rings. The van der Waals surface area contributed by atoms with Crippen molar-refractivity contribution in [1.82, 2.24) is 20.0 Å². The van der Waals surface area contributed by atoms with Gasteiger partial charge in [0, 0.05) is 32.7 Å². The first-order valence-electron chi connectivity index (χ1n) is 6.33. The van der Waals surface area contributed by atoms with Gasteiger partial charge in [0.25, 0.3) is 5.91 Å². The first-order valence-corrected chi connectivity index (χ1v) is 7.15. The molecular weight excluding hydrogens is 250 g/mol. The fourth-order valence-electron chi connectivity index (χ4n) is 1.93. The Balaban J connectivity index is 1.94. The smallest absolute Gasteiger partial charge is 0.284 e. The normalized spacial score (nSPS) is 16.9. The van der Waals surface area contributed by atoms with Crippen LogP contribution in [0.25, 0.3) is 0 Å². The number of nitrogens with zero attached hydrogens (tertiary/aromatic N) is 4. The van der Waals surface area contributed by atoms with E-state index in [1.54, 1.807) is 0 Å². The summed E-state index contributed by atoms with van der Waals surface area (Å²) in [7, 11) is 0. The van der Waals surface area contributed by atoms with Crippen LogP contribution in [-0.4, -0.2) is 65.2 Å². The third-order valence-corrected chi connectivity index (χ3v) is 3.91. The van der Waals surface area contributed by atoms with Crippen LogP contribution in [0.2, 0.25) is 0 Å². The lowest BCUT2D eigenvalue weighted by molar-refractivity contribution is 0.0642. The lowest BCUT2D eigenvalue weighted by atomic mass is 10.3. The molecule has 18 heavy (non-hydrogen) atoms. The van der Waals surface area contributed by atoms with E-state index in [1.165, 1.54) is 11.3 Å². The Bertz CT molecular complexity index is 400. The number of carbonyl (C=O) groups excluding carboxylic acids is 1. The highest BCUT2D eigenvalue weighted by molar-refractivity contribution is 7.17. The highest BCUT2D eigenvalue weighted by Crippen LogP contribution is 2.17. The number of carbonyl (C=O) groups is 1. The van der Waals surface area contributed by atoms with Crippen molar-refractivity contribution in [2.45, 2.75) is 13.8 Å². The van der Waals surface area contributed by atoms with Crippen molar-refractivity contribution in [3.05, 3.63) is 5.01 Å². The van der Waals surface area contributed by atoms with E-state index >= 15 is 0 Å². The Hall–Kier alpha value is -1.21. The average molecular weight is 269 g/mol. The molecule has 0 aromatic carbocycles. The zero-order chi connectivity index (χ0) is 13.0. The molecule has 2 heterocycles. The SMILES string of the molecule is CCNc1nnc(C(=O)N2CCN(CC)CC2)s1. The molecule has 0 spiro atoms. The Morgan fingerprint density at radius 3 is 2.61 bits per heavy atom. The van der Waals surface area contributed by atoms with E-state index in [-0.39, 0.29) is 5.91 Å². The van der Waals surface area contributed by atoms with Gasteiger partial charge in [-0.2, -0.15) is 0 Å². The second kappa shape index (κ2) is 6.10. The van der Waals surface area contributed by atoms with Crippen LogP contribution in [0.15, 0.2) is 0 Å². The molecule has 2 rings (SSSR count). The summed E-state index contributed by atoms with van der Waals surface area (Å²) in [5, 5.41) is 12.2. The molecule has 1 fully saturated rings. The summed E-state index contributed by atoms with van der Waals surface area (Å²) in [4.78, 5) is 16.4. The van der Waals surface area contributed by atoms with E-state index in [4.69, 9.17) is 0 Å². The number of piperazine rings is 1. The standard InChI is InChI=1S/C11H19N5OS/c1-3-12-11-14-13-9(18-11)10(17)16-7-5-15(4-2)6-8-16/h3-8H2,1-2H3,(H,12,14). The van der Waals surface area contributed by atoms with Gasteiger partial charge in [0.2, 0.25) is 10.1 Å². The Labute approximate surface area is 111 Å². The number of nitrogens with one attached hydrogen (secondary N) is 1. The minimum atomic E-state index is 0.00686. The maximum Gasteiger partial charge on any atom is 0.284 e. The zero-order valence-corrected chi connectivity index (χ0v) is 11.7. The highest BCUT2D eigenvalue weighted by Gasteiger charge is 2.24. The number of aromatic nitrogens is 2. The predicted octanol–water partition coefficient (Wildman–Crippen LogP) is 0.748. The Morgan fingerprint density at radius 2 is 2.00 bits per heavy atom. The summed E-state index contributed by atoms with van der Waals surface area (Å²) < 4.78 is 0. The maximum atomic E-state index is 12.2. The van der Waals surface area contributed by atoms with E-state index in [2.05, 4.69) is 27.3 Å². The van der Waals surface area contributed by atoms with Crippen LogP contribution in [0.4, 0.5) is 5.13 Å². The van der Waals surface area contributed by atoms with Crippen LogP contribution in [-0.2, 0) is 0 Å². The number of amides is 1. The fourth-order valence-corrected chi connectivity index (χ4v) is 2.71. The molecule has 0 bridgehead atoms. The van der Waals surface area contributed by atoms with Gasteiger partial charge in [-0.1, -0.05) is 18.3 Å². The largest absolute Gasteiger partial charge is 0.360 e. The molecule has 1 amide bonds. The van der Waals surface area contributed by atoms with Gasteiger partial charge in [-0.3, -0.25) is 4.79 Å². The summed E-state index contributed by atoms with van der Waals surface area (Å²) in [6, 6.07) is 0. The van der Waals surface area contributed by atoms with Crippen LogP contribution < -0.4 is 5.32 Å². The predicted molar refractivity (Wildman–Crippen MR) is 72.1 cm³/mol. The summed E-state index contributed by atoms with van der Waals surface area (Å²) in [5.74, 6) is 0.00686. The van der Waals surface area contributed by atoms with Crippen LogP contribution in [0, 0.1) is 0 Å². The molecule has 0 atom stereocenters. The second-order valence-electron chi connectivity index (χ2n) is 4.17. The third-order valence-electron chi connectivity index (χ3n) is 3.04. The third kappa shape index (κ3) is 2.97. The number of hydrogen-bond acceptors (Lipinski definition) is 6. The van der Waals surface area contributed by atoms with E-state index < -0.39 is 0 Å².